The first-order valence-corrected chi connectivity index (χ1v) is 8.50. The maximum absolute atomic E-state index is 12.8. The summed E-state index contributed by atoms with van der Waals surface area (Å²) in [6, 6.07) is 11.1. The molecule has 0 N–H and O–H groups in total. The van der Waals surface area contributed by atoms with Gasteiger partial charge in [-0.2, -0.15) is 0 Å². The number of furan rings is 1. The third-order valence-corrected chi connectivity index (χ3v) is 4.32. The summed E-state index contributed by atoms with van der Waals surface area (Å²) in [4.78, 5) is 17.4. The Balaban J connectivity index is 1.98. The average molecular weight is 330 g/mol. The summed E-state index contributed by atoms with van der Waals surface area (Å²) in [5.41, 5.74) is 0.665. The topological polar surface area (TPSA) is 57.3 Å². The minimum absolute atomic E-state index is 0.0501. The van der Waals surface area contributed by atoms with Crippen LogP contribution >= 0.6 is 11.8 Å². The SMILES string of the molecule is CCOCCSc1nc2ccccc2c(=O)n1Cc1ccco1. The Kier molecular flexibility index (Phi) is 5.15. The Morgan fingerprint density at radius 3 is 2.91 bits per heavy atom. The van der Waals surface area contributed by atoms with Crippen molar-refractivity contribution in [1.82, 2.24) is 9.55 Å². The zero-order valence-corrected chi connectivity index (χ0v) is 13.7. The number of hydrogen-bond donors (Lipinski definition) is 0. The summed E-state index contributed by atoms with van der Waals surface area (Å²) in [6.45, 7) is 3.65. The van der Waals surface area contributed by atoms with Crippen LogP contribution in [0.5, 0.6) is 0 Å². The zero-order chi connectivity index (χ0) is 16.1. The number of fused-ring (bicyclic) bond motifs is 1. The van der Waals surface area contributed by atoms with Crippen molar-refractivity contribution < 1.29 is 9.15 Å². The third kappa shape index (κ3) is 3.65. The van der Waals surface area contributed by atoms with Crippen LogP contribution in [0, 0.1) is 0 Å². The molecule has 0 fully saturated rings. The third-order valence-electron chi connectivity index (χ3n) is 3.38. The van der Waals surface area contributed by atoms with E-state index in [1.807, 2.05) is 37.3 Å². The fraction of sp³-hybridized carbons (Fsp3) is 0.294. The number of rotatable bonds is 7. The second kappa shape index (κ2) is 7.48. The van der Waals surface area contributed by atoms with Gasteiger partial charge < -0.3 is 9.15 Å². The Bertz CT molecular complexity index is 827. The first kappa shape index (κ1) is 15.8. The van der Waals surface area contributed by atoms with Crippen LogP contribution in [0.4, 0.5) is 0 Å². The first-order valence-electron chi connectivity index (χ1n) is 7.52. The van der Waals surface area contributed by atoms with Crippen molar-refractivity contribution in [2.24, 2.45) is 0 Å². The molecule has 0 radical (unpaired) electrons. The molecule has 0 aliphatic rings. The molecule has 0 saturated carbocycles. The molecule has 6 heteroatoms. The molecule has 0 aliphatic carbocycles. The molecule has 3 aromatic rings. The van der Waals surface area contributed by atoms with Gasteiger partial charge in [0.25, 0.3) is 5.56 Å². The smallest absolute Gasteiger partial charge is 0.262 e. The van der Waals surface area contributed by atoms with Gasteiger partial charge in [-0.15, -0.1) is 0 Å². The number of ether oxygens (including phenoxy) is 1. The number of thioether (sulfide) groups is 1. The summed E-state index contributed by atoms with van der Waals surface area (Å²) in [7, 11) is 0. The second-order valence-electron chi connectivity index (χ2n) is 4.93. The van der Waals surface area contributed by atoms with E-state index in [2.05, 4.69) is 4.98 Å². The van der Waals surface area contributed by atoms with Gasteiger partial charge in [0.2, 0.25) is 0 Å². The molecule has 0 amide bonds. The molecule has 23 heavy (non-hydrogen) atoms. The summed E-state index contributed by atoms with van der Waals surface area (Å²) in [5, 5.41) is 1.30. The zero-order valence-electron chi connectivity index (χ0n) is 12.9. The molecule has 1 aromatic carbocycles. The van der Waals surface area contributed by atoms with Crippen molar-refractivity contribution in [2.75, 3.05) is 19.0 Å². The fourth-order valence-electron chi connectivity index (χ4n) is 2.29. The highest BCUT2D eigenvalue weighted by molar-refractivity contribution is 7.99. The molecule has 0 aliphatic heterocycles. The van der Waals surface area contributed by atoms with E-state index in [9.17, 15) is 4.79 Å². The molecule has 0 atom stereocenters. The summed E-state index contributed by atoms with van der Waals surface area (Å²) < 4.78 is 12.4. The summed E-state index contributed by atoms with van der Waals surface area (Å²) in [6.07, 6.45) is 1.61. The number of para-hydroxylation sites is 1. The van der Waals surface area contributed by atoms with E-state index in [4.69, 9.17) is 9.15 Å². The molecular weight excluding hydrogens is 312 g/mol. The predicted molar refractivity (Wildman–Crippen MR) is 91.0 cm³/mol. The van der Waals surface area contributed by atoms with Gasteiger partial charge >= 0.3 is 0 Å². The van der Waals surface area contributed by atoms with Gasteiger partial charge in [-0.25, -0.2) is 4.98 Å². The summed E-state index contributed by atoms with van der Waals surface area (Å²) >= 11 is 1.52. The molecule has 0 bridgehead atoms. The normalized spacial score (nSPS) is 11.2. The summed E-state index contributed by atoms with van der Waals surface area (Å²) in [5.74, 6) is 1.48. The van der Waals surface area contributed by atoms with Crippen LogP contribution in [0.25, 0.3) is 10.9 Å². The largest absolute Gasteiger partial charge is 0.467 e. The van der Waals surface area contributed by atoms with Gasteiger partial charge in [-0.05, 0) is 31.2 Å². The van der Waals surface area contributed by atoms with Crippen molar-refractivity contribution in [3.63, 3.8) is 0 Å². The van der Waals surface area contributed by atoms with E-state index in [0.717, 1.165) is 11.5 Å². The van der Waals surface area contributed by atoms with Crippen molar-refractivity contribution >= 4 is 22.7 Å². The Morgan fingerprint density at radius 2 is 2.13 bits per heavy atom. The molecule has 0 spiro atoms. The Morgan fingerprint density at radius 1 is 1.26 bits per heavy atom. The Hall–Kier alpha value is -2.05. The average Bonchev–Trinajstić information content (AvgIpc) is 3.08. The van der Waals surface area contributed by atoms with Crippen LogP contribution in [0.3, 0.4) is 0 Å². The van der Waals surface area contributed by atoms with Crippen molar-refractivity contribution in [3.05, 3.63) is 58.8 Å². The van der Waals surface area contributed by atoms with Crippen LogP contribution in [0.1, 0.15) is 12.7 Å². The van der Waals surface area contributed by atoms with E-state index in [-0.39, 0.29) is 5.56 Å². The number of aromatic nitrogens is 2. The van der Waals surface area contributed by atoms with Crippen LogP contribution in [-0.2, 0) is 11.3 Å². The van der Waals surface area contributed by atoms with Crippen molar-refractivity contribution in [2.45, 2.75) is 18.6 Å². The monoisotopic (exact) mass is 330 g/mol. The molecule has 3 rings (SSSR count). The lowest BCUT2D eigenvalue weighted by Crippen LogP contribution is -2.24. The van der Waals surface area contributed by atoms with Crippen LogP contribution in [-0.4, -0.2) is 28.5 Å². The lowest BCUT2D eigenvalue weighted by molar-refractivity contribution is 0.164. The molecular formula is C17H18N2O3S. The van der Waals surface area contributed by atoms with E-state index < -0.39 is 0 Å². The molecule has 120 valence electrons. The maximum Gasteiger partial charge on any atom is 0.262 e. The fourth-order valence-corrected chi connectivity index (χ4v) is 3.14. The van der Waals surface area contributed by atoms with Gasteiger partial charge in [-0.1, -0.05) is 23.9 Å². The molecule has 0 saturated heterocycles. The van der Waals surface area contributed by atoms with Gasteiger partial charge in [0, 0.05) is 12.4 Å². The minimum Gasteiger partial charge on any atom is -0.467 e. The van der Waals surface area contributed by atoms with Crippen molar-refractivity contribution in [1.29, 1.82) is 0 Å². The molecule has 5 nitrogen and oxygen atoms in total. The van der Waals surface area contributed by atoms with E-state index in [1.165, 1.54) is 11.8 Å². The van der Waals surface area contributed by atoms with E-state index in [1.54, 1.807) is 16.9 Å². The number of nitrogens with zero attached hydrogens (tertiary/aromatic N) is 2. The highest BCUT2D eigenvalue weighted by atomic mass is 32.2. The molecule has 2 aromatic heterocycles. The van der Waals surface area contributed by atoms with Crippen LogP contribution in [0.2, 0.25) is 0 Å². The number of benzene rings is 1. The van der Waals surface area contributed by atoms with Crippen LogP contribution in [0.15, 0.2) is 57.0 Å². The van der Waals surface area contributed by atoms with Gasteiger partial charge in [0.05, 0.1) is 30.3 Å². The van der Waals surface area contributed by atoms with Crippen molar-refractivity contribution in [3.8, 4) is 0 Å². The minimum atomic E-state index is -0.0501. The van der Waals surface area contributed by atoms with E-state index >= 15 is 0 Å². The quantitative estimate of drug-likeness (QED) is 0.378. The van der Waals surface area contributed by atoms with E-state index in [0.29, 0.717) is 35.8 Å². The van der Waals surface area contributed by atoms with Gasteiger partial charge in [-0.3, -0.25) is 9.36 Å². The van der Waals surface area contributed by atoms with Gasteiger partial charge in [0.15, 0.2) is 5.16 Å². The lowest BCUT2D eigenvalue weighted by atomic mass is 10.2. The van der Waals surface area contributed by atoms with Crippen LogP contribution < -0.4 is 5.56 Å². The molecule has 0 unspecified atom stereocenters. The predicted octanol–water partition coefficient (Wildman–Crippen LogP) is 3.17. The highest BCUT2D eigenvalue weighted by Crippen LogP contribution is 2.19. The lowest BCUT2D eigenvalue weighted by Gasteiger charge is -2.12. The number of hydrogen-bond acceptors (Lipinski definition) is 5. The first-order chi connectivity index (χ1) is 11.3. The Labute approximate surface area is 138 Å². The highest BCUT2D eigenvalue weighted by Gasteiger charge is 2.12. The standard InChI is InChI=1S/C17H18N2O3S/c1-2-21-10-11-23-17-18-15-8-4-3-7-14(15)16(20)19(17)12-13-6-5-9-22-13/h3-9H,2,10-12H2,1H3. The van der Waals surface area contributed by atoms with Gasteiger partial charge in [0.1, 0.15) is 5.76 Å². The molecule has 2 heterocycles. The second-order valence-corrected chi connectivity index (χ2v) is 5.99. The maximum atomic E-state index is 12.8.